The lowest BCUT2D eigenvalue weighted by molar-refractivity contribution is -0.178. The molecule has 2 aliphatic carbocycles. The van der Waals surface area contributed by atoms with E-state index in [9.17, 15) is 14.7 Å². The number of hydrogen-bond donors (Lipinski definition) is 1. The van der Waals surface area contributed by atoms with E-state index in [4.69, 9.17) is 9.47 Å². The zero-order valence-electron chi connectivity index (χ0n) is 19.2. The lowest BCUT2D eigenvalue weighted by Gasteiger charge is -2.46. The summed E-state index contributed by atoms with van der Waals surface area (Å²) in [5.74, 6) is -0.325. The van der Waals surface area contributed by atoms with E-state index >= 15 is 0 Å². The number of esters is 1. The van der Waals surface area contributed by atoms with Crippen LogP contribution in [0, 0.1) is 24.2 Å². The molecular formula is C25H29N3O5. The Balaban J connectivity index is 1.46. The molecule has 0 radical (unpaired) electrons. The monoisotopic (exact) mass is 451 g/mol. The number of ketones is 1. The summed E-state index contributed by atoms with van der Waals surface area (Å²) in [6.45, 7) is 9.78. The van der Waals surface area contributed by atoms with Gasteiger partial charge in [0.05, 0.1) is 17.7 Å². The van der Waals surface area contributed by atoms with E-state index in [0.717, 1.165) is 11.3 Å². The van der Waals surface area contributed by atoms with Crippen LogP contribution in [0.4, 0.5) is 0 Å². The van der Waals surface area contributed by atoms with Crippen LogP contribution >= 0.6 is 0 Å². The van der Waals surface area contributed by atoms with Gasteiger partial charge in [0.15, 0.2) is 0 Å². The van der Waals surface area contributed by atoms with Crippen molar-refractivity contribution in [1.82, 2.24) is 15.0 Å². The fraction of sp³-hybridized carbons (Fsp3) is 0.520. The van der Waals surface area contributed by atoms with Gasteiger partial charge in [0.2, 0.25) is 0 Å². The molecule has 0 unspecified atom stereocenters. The molecule has 5 rings (SSSR count). The van der Waals surface area contributed by atoms with E-state index in [1.165, 1.54) is 0 Å². The maximum absolute atomic E-state index is 13.5. The van der Waals surface area contributed by atoms with Crippen molar-refractivity contribution < 1.29 is 24.2 Å². The molecule has 1 aromatic carbocycles. The Morgan fingerprint density at radius 1 is 1.30 bits per heavy atom. The molecule has 1 saturated heterocycles. The Labute approximate surface area is 192 Å². The maximum atomic E-state index is 13.5. The lowest BCUT2D eigenvalue weighted by atomic mass is 9.64. The van der Waals surface area contributed by atoms with Crippen molar-refractivity contribution in [1.29, 1.82) is 0 Å². The zero-order chi connectivity index (χ0) is 23.5. The highest BCUT2D eigenvalue weighted by atomic mass is 16.6. The molecule has 1 aliphatic heterocycles. The molecule has 1 aromatic heterocycles. The number of hydrogen-bond acceptors (Lipinski definition) is 7. The summed E-state index contributed by atoms with van der Waals surface area (Å²) >= 11 is 0. The number of nitrogens with zero attached hydrogens (tertiary/aromatic N) is 3. The summed E-state index contributed by atoms with van der Waals surface area (Å²) in [5.41, 5.74) is -0.688. The summed E-state index contributed by atoms with van der Waals surface area (Å²) in [7, 11) is 0. The molecule has 2 saturated carbocycles. The molecular weight excluding hydrogens is 422 g/mol. The minimum absolute atomic E-state index is 0.0893. The summed E-state index contributed by atoms with van der Waals surface area (Å²) in [6, 6.07) is 7.10. The number of carbonyl (C=O) groups excluding carboxylic acids is 2. The number of rotatable bonds is 4. The topological polar surface area (TPSA) is 104 Å². The van der Waals surface area contributed by atoms with Gasteiger partial charge in [-0.25, -0.2) is 9.48 Å². The largest absolute Gasteiger partial charge is 0.487 e. The van der Waals surface area contributed by atoms with Crippen LogP contribution in [-0.4, -0.2) is 43.6 Å². The second-order valence-electron chi connectivity index (χ2n) is 9.85. The number of aryl methyl sites for hydroxylation is 1. The number of aliphatic hydroxyl groups is 1. The minimum atomic E-state index is -1.45. The number of carbonyl (C=O) groups is 2. The molecule has 0 amide bonds. The highest BCUT2D eigenvalue weighted by Crippen LogP contribution is 2.61. The summed E-state index contributed by atoms with van der Waals surface area (Å²) in [4.78, 5) is 25.7. The van der Waals surface area contributed by atoms with Crippen molar-refractivity contribution in [3.05, 3.63) is 53.9 Å². The first-order chi connectivity index (χ1) is 15.7. The van der Waals surface area contributed by atoms with E-state index in [1.807, 2.05) is 38.1 Å². The smallest absolute Gasteiger partial charge is 0.334 e. The van der Waals surface area contributed by atoms with Crippen molar-refractivity contribution in [2.75, 3.05) is 0 Å². The van der Waals surface area contributed by atoms with Crippen LogP contribution < -0.4 is 4.74 Å². The Bertz CT molecular complexity index is 1140. The van der Waals surface area contributed by atoms with Gasteiger partial charge >= 0.3 is 5.97 Å². The average molecular weight is 452 g/mol. The van der Waals surface area contributed by atoms with Crippen LogP contribution in [0.15, 0.2) is 42.6 Å². The van der Waals surface area contributed by atoms with Crippen LogP contribution in [0.5, 0.6) is 5.75 Å². The Hall–Kier alpha value is -3.00. The standard InChI is InChI=1S/C25H29N3O5/c1-14-7-5-6-8-19(14)32-13-17-12-28(27-26-17)20-11-21(29)24(4)22-18(16(3)23(30)33-22)10-9-15(2)25(20,24)31/h5-8,12,15,18,20,22,31H,3,9-11,13H2,1-2,4H3/t15-,18-,20-,22+,24-,25-/m0/s1. The predicted octanol–water partition coefficient (Wildman–Crippen LogP) is 2.94. The number of Topliss-reactive ketones (excluding diaryl/α,β-unsaturated/α-hetero) is 1. The molecule has 6 atom stereocenters. The fourth-order valence-electron chi connectivity index (χ4n) is 6.14. The lowest BCUT2D eigenvalue weighted by Crippen LogP contribution is -2.59. The number of aromatic nitrogens is 3. The molecule has 174 valence electrons. The van der Waals surface area contributed by atoms with Crippen LogP contribution in [-0.2, 0) is 20.9 Å². The van der Waals surface area contributed by atoms with Gasteiger partial charge in [-0.1, -0.05) is 36.9 Å². The van der Waals surface area contributed by atoms with Gasteiger partial charge in [-0.15, -0.1) is 5.10 Å². The number of para-hydroxylation sites is 1. The maximum Gasteiger partial charge on any atom is 0.334 e. The van der Waals surface area contributed by atoms with Crippen LogP contribution in [0.2, 0.25) is 0 Å². The molecule has 0 spiro atoms. The van der Waals surface area contributed by atoms with Gasteiger partial charge < -0.3 is 14.6 Å². The van der Waals surface area contributed by atoms with E-state index < -0.39 is 29.1 Å². The van der Waals surface area contributed by atoms with E-state index in [1.54, 1.807) is 17.8 Å². The van der Waals surface area contributed by atoms with E-state index in [2.05, 4.69) is 16.9 Å². The van der Waals surface area contributed by atoms with Crippen LogP contribution in [0.3, 0.4) is 0 Å². The molecule has 3 aliphatic rings. The second-order valence-corrected chi connectivity index (χ2v) is 9.85. The van der Waals surface area contributed by atoms with Crippen molar-refractivity contribution in [3.8, 4) is 5.75 Å². The zero-order valence-corrected chi connectivity index (χ0v) is 19.2. The quantitative estimate of drug-likeness (QED) is 0.563. The molecule has 8 heteroatoms. The molecule has 2 heterocycles. The highest BCUT2D eigenvalue weighted by Gasteiger charge is 2.72. The minimum Gasteiger partial charge on any atom is -0.487 e. The summed E-state index contributed by atoms with van der Waals surface area (Å²) in [5, 5.41) is 20.7. The third-order valence-corrected chi connectivity index (χ3v) is 8.18. The van der Waals surface area contributed by atoms with Crippen LogP contribution in [0.1, 0.15) is 50.4 Å². The van der Waals surface area contributed by atoms with Crippen molar-refractivity contribution in [2.45, 2.75) is 64.4 Å². The SMILES string of the molecule is C=C1C(=O)O[C@@H]2[C@H]1CC[C@H](C)[C@]1(O)[C@@H](n3cc(COc4ccccc4C)nn3)CC(=O)[C@@]21C. The highest BCUT2D eigenvalue weighted by molar-refractivity contribution is 5.95. The molecule has 8 nitrogen and oxygen atoms in total. The number of ether oxygens (including phenoxy) is 2. The molecule has 2 aromatic rings. The van der Waals surface area contributed by atoms with Gasteiger partial charge in [-0.2, -0.15) is 0 Å². The van der Waals surface area contributed by atoms with E-state index in [0.29, 0.717) is 24.1 Å². The molecule has 0 bridgehead atoms. The van der Waals surface area contributed by atoms with Gasteiger partial charge in [0.1, 0.15) is 35.5 Å². The van der Waals surface area contributed by atoms with Crippen LogP contribution in [0.25, 0.3) is 0 Å². The van der Waals surface area contributed by atoms with Gasteiger partial charge in [-0.3, -0.25) is 4.79 Å². The van der Waals surface area contributed by atoms with Crippen molar-refractivity contribution in [3.63, 3.8) is 0 Å². The fourth-order valence-corrected chi connectivity index (χ4v) is 6.14. The van der Waals surface area contributed by atoms with Gasteiger partial charge in [-0.05, 0) is 44.2 Å². The first-order valence-electron chi connectivity index (χ1n) is 11.4. The Kier molecular flexibility index (Phi) is 4.97. The molecule has 33 heavy (non-hydrogen) atoms. The summed E-state index contributed by atoms with van der Waals surface area (Å²) in [6.07, 6.45) is 2.38. The first kappa shape index (κ1) is 21.8. The van der Waals surface area contributed by atoms with Gasteiger partial charge in [0.25, 0.3) is 0 Å². The van der Waals surface area contributed by atoms with E-state index in [-0.39, 0.29) is 30.6 Å². The Morgan fingerprint density at radius 3 is 2.82 bits per heavy atom. The first-order valence-corrected chi connectivity index (χ1v) is 11.4. The van der Waals surface area contributed by atoms with Gasteiger partial charge in [0, 0.05) is 17.9 Å². The average Bonchev–Trinajstić information content (AvgIpc) is 3.41. The molecule has 1 N–H and O–H groups in total. The van der Waals surface area contributed by atoms with Crippen molar-refractivity contribution >= 4 is 11.8 Å². The second kappa shape index (κ2) is 7.52. The number of benzene rings is 1. The number of fused-ring (bicyclic) bond motifs is 3. The molecule has 3 fully saturated rings. The summed E-state index contributed by atoms with van der Waals surface area (Å²) < 4.78 is 13.1. The normalized spacial score (nSPS) is 35.7. The third kappa shape index (κ3) is 3.00. The predicted molar refractivity (Wildman–Crippen MR) is 118 cm³/mol. The van der Waals surface area contributed by atoms with Crippen molar-refractivity contribution in [2.24, 2.45) is 17.3 Å². The Morgan fingerprint density at radius 2 is 2.06 bits per heavy atom. The third-order valence-electron chi connectivity index (χ3n) is 8.18.